The minimum absolute atomic E-state index is 0.0723. The third kappa shape index (κ3) is 3.48. The normalized spacial score (nSPS) is 15.4. The molecule has 28 heavy (non-hydrogen) atoms. The molecule has 142 valence electrons. The predicted octanol–water partition coefficient (Wildman–Crippen LogP) is 4.09. The van der Waals surface area contributed by atoms with Crippen molar-refractivity contribution in [1.82, 2.24) is 9.97 Å². The van der Waals surface area contributed by atoms with Crippen LogP contribution in [0.3, 0.4) is 0 Å². The Labute approximate surface area is 165 Å². The molecular weight excluding hydrogens is 348 g/mol. The lowest BCUT2D eigenvalue weighted by Crippen LogP contribution is -2.36. The van der Waals surface area contributed by atoms with Crippen LogP contribution >= 0.6 is 0 Å². The van der Waals surface area contributed by atoms with Gasteiger partial charge < -0.3 is 9.80 Å². The Kier molecular flexibility index (Phi) is 5.06. The lowest BCUT2D eigenvalue weighted by molar-refractivity contribution is 0.0976. The van der Waals surface area contributed by atoms with Gasteiger partial charge in [-0.15, -0.1) is 0 Å². The van der Waals surface area contributed by atoms with E-state index >= 15 is 0 Å². The molecule has 1 unspecified atom stereocenters. The third-order valence-corrected chi connectivity index (χ3v) is 5.22. The molecule has 0 aliphatic carbocycles. The molecule has 1 aliphatic rings. The molecule has 2 heterocycles. The van der Waals surface area contributed by atoms with E-state index < -0.39 is 0 Å². The molecule has 5 heteroatoms. The highest BCUT2D eigenvalue weighted by Gasteiger charge is 2.32. The quantitative estimate of drug-likeness (QED) is 0.677. The Hall–Kier alpha value is -3.21. The van der Waals surface area contributed by atoms with Crippen LogP contribution in [0.2, 0.25) is 0 Å². The predicted molar refractivity (Wildman–Crippen MR) is 112 cm³/mol. The first-order valence-corrected chi connectivity index (χ1v) is 9.69. The van der Waals surface area contributed by atoms with Gasteiger partial charge in [-0.05, 0) is 37.5 Å². The topological polar surface area (TPSA) is 49.3 Å². The molecule has 0 spiro atoms. The van der Waals surface area contributed by atoms with E-state index in [1.165, 1.54) is 17.5 Å². The van der Waals surface area contributed by atoms with Crippen LogP contribution < -0.4 is 9.80 Å². The van der Waals surface area contributed by atoms with Crippen molar-refractivity contribution in [2.24, 2.45) is 0 Å². The molecular formula is C23H24N4O. The van der Waals surface area contributed by atoms with E-state index in [4.69, 9.17) is 0 Å². The van der Waals surface area contributed by atoms with Gasteiger partial charge in [0.1, 0.15) is 17.8 Å². The number of hydrogen-bond donors (Lipinski definition) is 0. The SMILES string of the molecule is CCN(Cc1ccccc1)c1cc(C(=O)N2c3ccccc3CC2C)ncn1. The van der Waals surface area contributed by atoms with Gasteiger partial charge >= 0.3 is 0 Å². The van der Waals surface area contributed by atoms with Gasteiger partial charge in [0.25, 0.3) is 5.91 Å². The van der Waals surface area contributed by atoms with Crippen LogP contribution in [0.4, 0.5) is 11.5 Å². The van der Waals surface area contributed by atoms with Crippen molar-refractivity contribution in [2.75, 3.05) is 16.3 Å². The summed E-state index contributed by atoms with van der Waals surface area (Å²) >= 11 is 0. The van der Waals surface area contributed by atoms with Crippen molar-refractivity contribution >= 4 is 17.4 Å². The Bertz CT molecular complexity index is 973. The zero-order valence-corrected chi connectivity index (χ0v) is 16.2. The van der Waals surface area contributed by atoms with Crippen LogP contribution in [0.25, 0.3) is 0 Å². The molecule has 2 aromatic carbocycles. The van der Waals surface area contributed by atoms with Gasteiger partial charge in [-0.3, -0.25) is 4.79 Å². The molecule has 5 nitrogen and oxygen atoms in total. The van der Waals surface area contributed by atoms with E-state index in [1.807, 2.05) is 47.4 Å². The van der Waals surface area contributed by atoms with Crippen molar-refractivity contribution in [3.8, 4) is 0 Å². The van der Waals surface area contributed by atoms with Gasteiger partial charge in [0.15, 0.2) is 0 Å². The molecule has 0 saturated carbocycles. The largest absolute Gasteiger partial charge is 0.352 e. The summed E-state index contributed by atoms with van der Waals surface area (Å²) in [5.74, 6) is 0.696. The van der Waals surface area contributed by atoms with Gasteiger partial charge in [-0.1, -0.05) is 48.5 Å². The van der Waals surface area contributed by atoms with Crippen LogP contribution in [0.15, 0.2) is 67.0 Å². The van der Waals surface area contributed by atoms with E-state index in [2.05, 4.69) is 46.9 Å². The summed E-state index contributed by atoms with van der Waals surface area (Å²) in [5.41, 5.74) is 3.83. The van der Waals surface area contributed by atoms with E-state index in [9.17, 15) is 4.79 Å². The van der Waals surface area contributed by atoms with E-state index in [-0.39, 0.29) is 11.9 Å². The Balaban J connectivity index is 1.60. The molecule has 0 fully saturated rings. The zero-order chi connectivity index (χ0) is 19.5. The van der Waals surface area contributed by atoms with E-state index in [1.54, 1.807) is 0 Å². The van der Waals surface area contributed by atoms with Gasteiger partial charge in [0.05, 0.1) is 0 Å². The van der Waals surface area contributed by atoms with Crippen LogP contribution in [0.1, 0.15) is 35.5 Å². The number of anilines is 2. The van der Waals surface area contributed by atoms with Crippen molar-refractivity contribution in [3.05, 3.63) is 83.8 Å². The number of para-hydroxylation sites is 1. The van der Waals surface area contributed by atoms with Crippen LogP contribution in [0.5, 0.6) is 0 Å². The smallest absolute Gasteiger partial charge is 0.277 e. The van der Waals surface area contributed by atoms with Gasteiger partial charge in [-0.25, -0.2) is 9.97 Å². The van der Waals surface area contributed by atoms with Gasteiger partial charge in [0, 0.05) is 30.9 Å². The minimum Gasteiger partial charge on any atom is -0.352 e. The first kappa shape index (κ1) is 18.2. The fourth-order valence-corrected chi connectivity index (χ4v) is 3.79. The molecule has 0 bridgehead atoms. The summed E-state index contributed by atoms with van der Waals surface area (Å²) < 4.78 is 0. The molecule has 3 aromatic rings. The fourth-order valence-electron chi connectivity index (χ4n) is 3.79. The third-order valence-electron chi connectivity index (χ3n) is 5.22. The molecule has 0 N–H and O–H groups in total. The molecule has 4 rings (SSSR count). The van der Waals surface area contributed by atoms with Crippen LogP contribution in [0, 0.1) is 0 Å². The standard InChI is InChI=1S/C23H24N4O/c1-3-26(15-18-9-5-4-6-10-18)22-14-20(24-16-25-22)23(28)27-17(2)13-19-11-7-8-12-21(19)27/h4-12,14,16-17H,3,13,15H2,1-2H3. The Morgan fingerprint density at radius 3 is 2.64 bits per heavy atom. The van der Waals surface area contributed by atoms with Gasteiger partial charge in [-0.2, -0.15) is 0 Å². The number of rotatable bonds is 5. The number of amides is 1. The number of fused-ring (bicyclic) bond motifs is 1. The maximum Gasteiger partial charge on any atom is 0.277 e. The summed E-state index contributed by atoms with van der Waals surface area (Å²) in [7, 11) is 0. The maximum absolute atomic E-state index is 13.3. The Morgan fingerprint density at radius 1 is 1.11 bits per heavy atom. The molecule has 1 aliphatic heterocycles. The molecule has 0 saturated heterocycles. The number of carbonyl (C=O) groups is 1. The van der Waals surface area contributed by atoms with Gasteiger partial charge in [0.2, 0.25) is 0 Å². The summed E-state index contributed by atoms with van der Waals surface area (Å²) in [6, 6.07) is 20.3. The molecule has 1 atom stereocenters. The molecule has 1 amide bonds. The first-order valence-electron chi connectivity index (χ1n) is 9.69. The number of nitrogens with zero attached hydrogens (tertiary/aromatic N) is 4. The van der Waals surface area contributed by atoms with Crippen molar-refractivity contribution < 1.29 is 4.79 Å². The minimum atomic E-state index is -0.0723. The second kappa shape index (κ2) is 7.80. The average molecular weight is 372 g/mol. The zero-order valence-electron chi connectivity index (χ0n) is 16.2. The number of aromatic nitrogens is 2. The first-order chi connectivity index (χ1) is 13.7. The molecule has 0 radical (unpaired) electrons. The van der Waals surface area contributed by atoms with E-state index in [0.29, 0.717) is 5.69 Å². The number of carbonyl (C=O) groups excluding carboxylic acids is 1. The van der Waals surface area contributed by atoms with Crippen LogP contribution in [-0.2, 0) is 13.0 Å². The highest BCUT2D eigenvalue weighted by atomic mass is 16.2. The Morgan fingerprint density at radius 2 is 1.86 bits per heavy atom. The average Bonchev–Trinajstić information content (AvgIpc) is 3.08. The number of hydrogen-bond acceptors (Lipinski definition) is 4. The second-order valence-electron chi connectivity index (χ2n) is 7.12. The highest BCUT2D eigenvalue weighted by molar-refractivity contribution is 6.06. The second-order valence-corrected chi connectivity index (χ2v) is 7.12. The lowest BCUT2D eigenvalue weighted by atomic mass is 10.1. The monoisotopic (exact) mass is 372 g/mol. The van der Waals surface area contributed by atoms with Crippen molar-refractivity contribution in [2.45, 2.75) is 32.9 Å². The summed E-state index contributed by atoms with van der Waals surface area (Å²) in [4.78, 5) is 26.0. The van der Waals surface area contributed by atoms with Crippen LogP contribution in [-0.4, -0.2) is 28.5 Å². The number of benzene rings is 2. The van der Waals surface area contributed by atoms with E-state index in [0.717, 1.165) is 31.0 Å². The summed E-state index contributed by atoms with van der Waals surface area (Å²) in [6.45, 7) is 5.70. The van der Waals surface area contributed by atoms with Crippen molar-refractivity contribution in [1.29, 1.82) is 0 Å². The fraction of sp³-hybridized carbons (Fsp3) is 0.261. The lowest BCUT2D eigenvalue weighted by Gasteiger charge is -2.24. The summed E-state index contributed by atoms with van der Waals surface area (Å²) in [6.07, 6.45) is 2.36. The van der Waals surface area contributed by atoms with Crippen molar-refractivity contribution in [3.63, 3.8) is 0 Å². The highest BCUT2D eigenvalue weighted by Crippen LogP contribution is 2.33. The maximum atomic E-state index is 13.3. The molecule has 1 aromatic heterocycles. The summed E-state index contributed by atoms with van der Waals surface area (Å²) in [5, 5.41) is 0.